The van der Waals surface area contributed by atoms with Crippen molar-refractivity contribution in [3.05, 3.63) is 51.8 Å². The van der Waals surface area contributed by atoms with E-state index >= 15 is 0 Å². The van der Waals surface area contributed by atoms with E-state index in [2.05, 4.69) is 9.73 Å². The highest BCUT2D eigenvalue weighted by atomic mass is 19.3. The Morgan fingerprint density at radius 3 is 2.88 bits per heavy atom. The number of aliphatic imine (C=N–C) groups is 1. The van der Waals surface area contributed by atoms with E-state index in [9.17, 15) is 18.9 Å². The Labute approximate surface area is 136 Å². The van der Waals surface area contributed by atoms with Crippen LogP contribution in [0, 0.1) is 16.0 Å². The van der Waals surface area contributed by atoms with E-state index in [1.54, 1.807) is 18.2 Å². The Morgan fingerprint density at radius 2 is 2.21 bits per heavy atom. The SMILES string of the molecule is COCCC1C=C(OC(F)F)C=C2C1=Nc1cccc([N+](=O)[O-])c12. The van der Waals surface area contributed by atoms with Crippen LogP contribution in [0.25, 0.3) is 5.57 Å². The van der Waals surface area contributed by atoms with E-state index in [0.29, 0.717) is 35.6 Å². The van der Waals surface area contributed by atoms with Crippen LogP contribution in [0.15, 0.2) is 41.1 Å². The molecule has 0 amide bonds. The molecule has 24 heavy (non-hydrogen) atoms. The Balaban J connectivity index is 2.07. The summed E-state index contributed by atoms with van der Waals surface area (Å²) < 4.78 is 34.7. The molecule has 6 nitrogen and oxygen atoms in total. The molecule has 0 radical (unpaired) electrons. The topological polar surface area (TPSA) is 74.0 Å². The van der Waals surface area contributed by atoms with Gasteiger partial charge in [-0.25, -0.2) is 0 Å². The first-order valence-electron chi connectivity index (χ1n) is 7.25. The number of nitro benzene ring substituents is 1. The molecule has 0 saturated heterocycles. The summed E-state index contributed by atoms with van der Waals surface area (Å²) in [7, 11) is 1.54. The number of methoxy groups -OCH3 is 1. The van der Waals surface area contributed by atoms with Crippen LogP contribution in [0.4, 0.5) is 20.2 Å². The molecule has 1 heterocycles. The molecule has 1 aromatic carbocycles. The van der Waals surface area contributed by atoms with E-state index < -0.39 is 11.5 Å². The number of nitrogens with zero attached hydrogens (tertiary/aromatic N) is 2. The van der Waals surface area contributed by atoms with Crippen LogP contribution in [-0.2, 0) is 9.47 Å². The highest BCUT2D eigenvalue weighted by molar-refractivity contribution is 6.32. The quantitative estimate of drug-likeness (QED) is 0.584. The number of alkyl halides is 2. The van der Waals surface area contributed by atoms with Gasteiger partial charge in [0.2, 0.25) is 0 Å². The maximum absolute atomic E-state index is 12.6. The fourth-order valence-electron chi connectivity index (χ4n) is 2.91. The normalized spacial score (nSPS) is 18.5. The minimum absolute atomic E-state index is 0.0222. The van der Waals surface area contributed by atoms with Crippen molar-refractivity contribution in [3.63, 3.8) is 0 Å². The van der Waals surface area contributed by atoms with Crippen molar-refractivity contribution in [2.24, 2.45) is 10.9 Å². The number of hydrogen-bond acceptors (Lipinski definition) is 5. The second-order valence-electron chi connectivity index (χ2n) is 5.32. The largest absolute Gasteiger partial charge is 0.435 e. The van der Waals surface area contributed by atoms with E-state index in [1.807, 2.05) is 0 Å². The van der Waals surface area contributed by atoms with Crippen LogP contribution in [0.1, 0.15) is 12.0 Å². The third-order valence-corrected chi connectivity index (χ3v) is 3.86. The molecule has 0 aromatic heterocycles. The maximum atomic E-state index is 12.6. The third kappa shape index (κ3) is 2.92. The summed E-state index contributed by atoms with van der Waals surface area (Å²) in [5, 5.41) is 11.3. The van der Waals surface area contributed by atoms with Gasteiger partial charge in [0.1, 0.15) is 5.76 Å². The molecule has 0 spiro atoms. The zero-order chi connectivity index (χ0) is 17.3. The van der Waals surface area contributed by atoms with Crippen molar-refractivity contribution in [3.8, 4) is 0 Å². The van der Waals surface area contributed by atoms with Crippen LogP contribution in [0.5, 0.6) is 0 Å². The monoisotopic (exact) mass is 336 g/mol. The summed E-state index contributed by atoms with van der Waals surface area (Å²) in [6, 6.07) is 4.58. The molecular weight excluding hydrogens is 322 g/mol. The molecule has 1 atom stereocenters. The molecule has 1 aromatic rings. The van der Waals surface area contributed by atoms with Crippen molar-refractivity contribution < 1.29 is 23.2 Å². The predicted molar refractivity (Wildman–Crippen MR) is 83.3 cm³/mol. The fourth-order valence-corrected chi connectivity index (χ4v) is 2.91. The number of allylic oxidation sites excluding steroid dienone is 3. The molecule has 3 rings (SSSR count). The van der Waals surface area contributed by atoms with Gasteiger partial charge in [-0.15, -0.1) is 0 Å². The van der Waals surface area contributed by atoms with Gasteiger partial charge in [0.05, 0.1) is 21.9 Å². The standard InChI is InChI=1S/C16H14F2N2O4/c1-23-6-5-9-7-10(24-16(17)18)8-11-14-12(19-15(9)11)3-2-4-13(14)20(21)22/h2-4,7-9,16H,5-6H2,1H3. The fraction of sp³-hybridized carbons (Fsp3) is 0.312. The van der Waals surface area contributed by atoms with Crippen molar-refractivity contribution in [1.29, 1.82) is 0 Å². The molecule has 1 aliphatic carbocycles. The lowest BCUT2D eigenvalue weighted by Gasteiger charge is -2.21. The first kappa shape index (κ1) is 16.3. The Morgan fingerprint density at radius 1 is 1.42 bits per heavy atom. The van der Waals surface area contributed by atoms with Crippen molar-refractivity contribution in [2.75, 3.05) is 13.7 Å². The predicted octanol–water partition coefficient (Wildman–Crippen LogP) is 3.85. The first-order valence-corrected chi connectivity index (χ1v) is 7.25. The lowest BCUT2D eigenvalue weighted by Crippen LogP contribution is -2.19. The number of benzene rings is 1. The zero-order valence-electron chi connectivity index (χ0n) is 12.7. The van der Waals surface area contributed by atoms with Gasteiger partial charge in [0, 0.05) is 31.3 Å². The highest BCUT2D eigenvalue weighted by Crippen LogP contribution is 2.45. The van der Waals surface area contributed by atoms with Gasteiger partial charge in [-0.05, 0) is 24.6 Å². The molecule has 0 fully saturated rings. The Hall–Kier alpha value is -2.61. The van der Waals surface area contributed by atoms with Crippen LogP contribution in [-0.4, -0.2) is 31.0 Å². The highest BCUT2D eigenvalue weighted by Gasteiger charge is 2.35. The molecule has 1 aliphatic heterocycles. The van der Waals surface area contributed by atoms with Crippen LogP contribution < -0.4 is 0 Å². The average Bonchev–Trinajstić information content (AvgIpc) is 2.90. The summed E-state index contributed by atoms with van der Waals surface area (Å²) >= 11 is 0. The molecule has 2 aliphatic rings. The number of rotatable bonds is 6. The van der Waals surface area contributed by atoms with Gasteiger partial charge in [-0.2, -0.15) is 8.78 Å². The molecule has 0 bridgehead atoms. The van der Waals surface area contributed by atoms with E-state index in [1.165, 1.54) is 19.3 Å². The minimum Gasteiger partial charge on any atom is -0.435 e. The lowest BCUT2D eigenvalue weighted by molar-refractivity contribution is -0.385. The van der Waals surface area contributed by atoms with Gasteiger partial charge in [0.15, 0.2) is 0 Å². The number of halogens is 2. The first-order chi connectivity index (χ1) is 11.5. The van der Waals surface area contributed by atoms with E-state index in [4.69, 9.17) is 4.74 Å². The number of hydrogen-bond donors (Lipinski definition) is 0. The summed E-state index contributed by atoms with van der Waals surface area (Å²) in [6.45, 7) is -2.57. The van der Waals surface area contributed by atoms with Crippen molar-refractivity contribution in [2.45, 2.75) is 13.0 Å². The molecule has 126 valence electrons. The Kier molecular flexibility index (Phi) is 4.39. The van der Waals surface area contributed by atoms with Gasteiger partial charge < -0.3 is 9.47 Å². The summed E-state index contributed by atoms with van der Waals surface area (Å²) in [5.74, 6) is -0.336. The van der Waals surface area contributed by atoms with Crippen molar-refractivity contribution >= 4 is 22.7 Å². The van der Waals surface area contributed by atoms with Gasteiger partial charge >= 0.3 is 6.61 Å². The number of nitro groups is 1. The van der Waals surface area contributed by atoms with Crippen LogP contribution in [0.3, 0.4) is 0 Å². The second kappa shape index (κ2) is 6.48. The zero-order valence-corrected chi connectivity index (χ0v) is 12.7. The average molecular weight is 336 g/mol. The molecule has 0 N–H and O–H groups in total. The van der Waals surface area contributed by atoms with Crippen molar-refractivity contribution in [1.82, 2.24) is 0 Å². The summed E-state index contributed by atoms with van der Waals surface area (Å²) in [5.41, 5.74) is 1.75. The van der Waals surface area contributed by atoms with Crippen LogP contribution in [0.2, 0.25) is 0 Å². The maximum Gasteiger partial charge on any atom is 0.387 e. The van der Waals surface area contributed by atoms with Gasteiger partial charge in [0.25, 0.3) is 5.69 Å². The number of ether oxygens (including phenoxy) is 2. The van der Waals surface area contributed by atoms with E-state index in [-0.39, 0.29) is 17.4 Å². The summed E-state index contributed by atoms with van der Waals surface area (Å²) in [6.07, 6.45) is 3.43. The summed E-state index contributed by atoms with van der Waals surface area (Å²) in [4.78, 5) is 15.2. The minimum atomic E-state index is -2.97. The molecule has 8 heteroatoms. The third-order valence-electron chi connectivity index (χ3n) is 3.86. The second-order valence-corrected chi connectivity index (χ2v) is 5.32. The molecule has 0 saturated carbocycles. The van der Waals surface area contributed by atoms with Gasteiger partial charge in [-0.3, -0.25) is 15.1 Å². The Bertz CT molecular complexity index is 771. The molecular formula is C16H14F2N2O4. The van der Waals surface area contributed by atoms with E-state index in [0.717, 1.165) is 0 Å². The van der Waals surface area contributed by atoms with Gasteiger partial charge in [-0.1, -0.05) is 6.07 Å². The molecule has 1 unspecified atom stereocenters. The number of fused-ring (bicyclic) bond motifs is 3. The lowest BCUT2D eigenvalue weighted by atomic mass is 9.86. The smallest absolute Gasteiger partial charge is 0.387 e. The van der Waals surface area contributed by atoms with Crippen LogP contribution >= 0.6 is 0 Å².